The van der Waals surface area contributed by atoms with E-state index in [0.29, 0.717) is 6.07 Å². The number of aromatic hydroxyl groups is 2. The molecule has 23 heavy (non-hydrogen) atoms. The average molecular weight is 324 g/mol. The quantitative estimate of drug-likeness (QED) is 0.600. The molecular weight excluding hydrogens is 313 g/mol. The number of nitrogens with one attached hydrogen (secondary N) is 1. The Hall–Kier alpha value is -3.03. The van der Waals surface area contributed by atoms with Gasteiger partial charge in [-0.3, -0.25) is 4.79 Å². The van der Waals surface area contributed by atoms with Gasteiger partial charge < -0.3 is 10.2 Å². The van der Waals surface area contributed by atoms with Crippen molar-refractivity contribution in [3.05, 3.63) is 59.2 Å². The number of amides is 1. The summed E-state index contributed by atoms with van der Waals surface area (Å²) in [4.78, 5) is 11.8. The van der Waals surface area contributed by atoms with E-state index in [-0.39, 0.29) is 22.6 Å². The molecule has 0 aromatic heterocycles. The number of carbonyl (C=O) groups excluding carboxylic acids is 1. The molecule has 5 nitrogen and oxygen atoms in total. The van der Waals surface area contributed by atoms with Crippen molar-refractivity contribution in [2.24, 2.45) is 5.10 Å². The molecule has 120 valence electrons. The van der Waals surface area contributed by atoms with Crippen LogP contribution in [0.25, 0.3) is 0 Å². The maximum atomic E-state index is 12.6. The summed E-state index contributed by atoms with van der Waals surface area (Å²) < 4.78 is 37.7. The molecule has 0 radical (unpaired) electrons. The minimum atomic E-state index is -4.54. The lowest BCUT2D eigenvalue weighted by atomic mass is 10.1. The van der Waals surface area contributed by atoms with E-state index in [2.05, 4.69) is 10.5 Å². The zero-order chi connectivity index (χ0) is 17.0. The van der Waals surface area contributed by atoms with Crippen LogP contribution in [0, 0.1) is 0 Å². The van der Waals surface area contributed by atoms with Crippen molar-refractivity contribution in [1.29, 1.82) is 0 Å². The van der Waals surface area contributed by atoms with Crippen LogP contribution in [0.5, 0.6) is 11.5 Å². The van der Waals surface area contributed by atoms with E-state index in [9.17, 15) is 23.1 Å². The highest BCUT2D eigenvalue weighted by Gasteiger charge is 2.30. The Kier molecular flexibility index (Phi) is 4.54. The average Bonchev–Trinajstić information content (AvgIpc) is 2.48. The number of phenolic OH excluding ortho intramolecular Hbond substituents is 2. The predicted molar refractivity (Wildman–Crippen MR) is 76.3 cm³/mol. The number of phenols is 2. The molecule has 0 bridgehead atoms. The molecule has 0 saturated heterocycles. The minimum absolute atomic E-state index is 0.146. The zero-order valence-electron chi connectivity index (χ0n) is 11.5. The molecule has 0 aliphatic heterocycles. The molecule has 1 amide bonds. The monoisotopic (exact) mass is 324 g/mol. The molecule has 0 spiro atoms. The van der Waals surface area contributed by atoms with Gasteiger partial charge in [0.05, 0.1) is 11.8 Å². The number of hydrazone groups is 1. The van der Waals surface area contributed by atoms with Crippen LogP contribution in [0.3, 0.4) is 0 Å². The molecule has 2 aromatic carbocycles. The van der Waals surface area contributed by atoms with Gasteiger partial charge in [0.15, 0.2) is 0 Å². The van der Waals surface area contributed by atoms with Crippen LogP contribution in [0.4, 0.5) is 13.2 Å². The van der Waals surface area contributed by atoms with E-state index in [1.54, 1.807) is 0 Å². The first-order chi connectivity index (χ1) is 10.8. The Labute approximate surface area is 128 Å². The number of alkyl halides is 3. The van der Waals surface area contributed by atoms with E-state index < -0.39 is 17.6 Å². The van der Waals surface area contributed by atoms with E-state index in [0.717, 1.165) is 24.4 Å². The zero-order valence-corrected chi connectivity index (χ0v) is 11.5. The minimum Gasteiger partial charge on any atom is -0.508 e. The summed E-state index contributed by atoms with van der Waals surface area (Å²) in [6.45, 7) is 0. The first-order valence-corrected chi connectivity index (χ1v) is 6.30. The van der Waals surface area contributed by atoms with Crippen LogP contribution in [0.2, 0.25) is 0 Å². The van der Waals surface area contributed by atoms with Gasteiger partial charge in [-0.05, 0) is 30.3 Å². The highest BCUT2D eigenvalue weighted by molar-refractivity contribution is 5.95. The van der Waals surface area contributed by atoms with Crippen LogP contribution in [0.15, 0.2) is 47.6 Å². The van der Waals surface area contributed by atoms with Crippen LogP contribution in [-0.4, -0.2) is 22.3 Å². The maximum Gasteiger partial charge on any atom is 0.416 e. The number of halogens is 3. The van der Waals surface area contributed by atoms with Crippen molar-refractivity contribution in [3.63, 3.8) is 0 Å². The van der Waals surface area contributed by atoms with Crippen LogP contribution >= 0.6 is 0 Å². The molecule has 0 saturated carbocycles. The van der Waals surface area contributed by atoms with E-state index in [1.165, 1.54) is 18.2 Å². The summed E-state index contributed by atoms with van der Waals surface area (Å²) >= 11 is 0. The van der Waals surface area contributed by atoms with Gasteiger partial charge in [0.25, 0.3) is 5.91 Å². The molecule has 2 rings (SSSR count). The number of benzene rings is 2. The van der Waals surface area contributed by atoms with Crippen molar-refractivity contribution < 1.29 is 28.2 Å². The highest BCUT2D eigenvalue weighted by Crippen LogP contribution is 2.29. The maximum absolute atomic E-state index is 12.6. The van der Waals surface area contributed by atoms with Crippen LogP contribution in [-0.2, 0) is 6.18 Å². The largest absolute Gasteiger partial charge is 0.508 e. The molecule has 0 fully saturated rings. The summed E-state index contributed by atoms with van der Waals surface area (Å²) in [5, 5.41) is 22.2. The number of rotatable bonds is 3. The number of hydrogen-bond donors (Lipinski definition) is 3. The molecule has 0 aliphatic carbocycles. The lowest BCUT2D eigenvalue weighted by Gasteiger charge is -2.07. The number of nitrogens with zero attached hydrogens (tertiary/aromatic N) is 1. The van der Waals surface area contributed by atoms with Gasteiger partial charge in [0.1, 0.15) is 11.5 Å². The summed E-state index contributed by atoms with van der Waals surface area (Å²) in [6, 6.07) is 7.64. The van der Waals surface area contributed by atoms with Gasteiger partial charge in [-0.1, -0.05) is 6.07 Å². The molecule has 0 aliphatic rings. The van der Waals surface area contributed by atoms with E-state index in [4.69, 9.17) is 5.11 Å². The summed E-state index contributed by atoms with van der Waals surface area (Å²) in [6.07, 6.45) is -3.45. The fraction of sp³-hybridized carbons (Fsp3) is 0.0667. The topological polar surface area (TPSA) is 81.9 Å². The normalized spacial score (nSPS) is 11.6. The third kappa shape index (κ3) is 4.22. The van der Waals surface area contributed by atoms with Crippen molar-refractivity contribution in [1.82, 2.24) is 5.43 Å². The Morgan fingerprint density at radius 3 is 2.52 bits per heavy atom. The second-order valence-corrected chi connectivity index (χ2v) is 4.52. The van der Waals surface area contributed by atoms with Gasteiger partial charge in [-0.2, -0.15) is 18.3 Å². The smallest absolute Gasteiger partial charge is 0.416 e. The first-order valence-electron chi connectivity index (χ1n) is 6.30. The third-order valence-corrected chi connectivity index (χ3v) is 2.84. The van der Waals surface area contributed by atoms with E-state index >= 15 is 0 Å². The fourth-order valence-electron chi connectivity index (χ4n) is 1.70. The summed E-state index contributed by atoms with van der Waals surface area (Å²) in [5.41, 5.74) is 1.13. The van der Waals surface area contributed by atoms with Gasteiger partial charge in [-0.15, -0.1) is 0 Å². The molecule has 3 N–H and O–H groups in total. The van der Waals surface area contributed by atoms with Crippen molar-refractivity contribution in [2.75, 3.05) is 0 Å². The second kappa shape index (κ2) is 6.39. The fourth-order valence-corrected chi connectivity index (χ4v) is 1.70. The molecule has 0 atom stereocenters. The Morgan fingerprint density at radius 2 is 1.87 bits per heavy atom. The van der Waals surface area contributed by atoms with Crippen molar-refractivity contribution in [3.8, 4) is 11.5 Å². The number of hydrogen-bond acceptors (Lipinski definition) is 4. The van der Waals surface area contributed by atoms with Gasteiger partial charge in [0.2, 0.25) is 0 Å². The molecule has 0 heterocycles. The van der Waals surface area contributed by atoms with Crippen LogP contribution < -0.4 is 5.43 Å². The SMILES string of the molecule is O=C(NN=Cc1ccc(O)cc1O)c1cccc(C(F)(F)F)c1. The van der Waals surface area contributed by atoms with Gasteiger partial charge in [0, 0.05) is 17.2 Å². The third-order valence-electron chi connectivity index (χ3n) is 2.84. The van der Waals surface area contributed by atoms with E-state index in [1.807, 2.05) is 0 Å². The molecule has 8 heteroatoms. The highest BCUT2D eigenvalue weighted by atomic mass is 19.4. The van der Waals surface area contributed by atoms with Gasteiger partial charge >= 0.3 is 6.18 Å². The standard InChI is InChI=1S/C15H11F3N2O3/c16-15(17,18)11-3-1-2-9(6-11)14(23)20-19-8-10-4-5-12(21)7-13(10)22/h1-8,21-22H,(H,20,23). The lowest BCUT2D eigenvalue weighted by molar-refractivity contribution is -0.137. The second-order valence-electron chi connectivity index (χ2n) is 4.52. The Morgan fingerprint density at radius 1 is 1.13 bits per heavy atom. The van der Waals surface area contributed by atoms with Gasteiger partial charge in [-0.25, -0.2) is 5.43 Å². The lowest BCUT2D eigenvalue weighted by Crippen LogP contribution is -2.18. The Balaban J connectivity index is 2.09. The molecule has 0 unspecified atom stereocenters. The van der Waals surface area contributed by atoms with Crippen molar-refractivity contribution >= 4 is 12.1 Å². The van der Waals surface area contributed by atoms with Crippen molar-refractivity contribution in [2.45, 2.75) is 6.18 Å². The summed E-state index contributed by atoms with van der Waals surface area (Å²) in [7, 11) is 0. The molecular formula is C15H11F3N2O3. The predicted octanol–water partition coefficient (Wildman–Crippen LogP) is 2.88. The number of carbonyl (C=O) groups is 1. The van der Waals surface area contributed by atoms with Crippen LogP contribution in [0.1, 0.15) is 21.5 Å². The first kappa shape index (κ1) is 16.3. The Bertz CT molecular complexity index is 758. The molecule has 2 aromatic rings. The summed E-state index contributed by atoms with van der Waals surface area (Å²) in [5.74, 6) is -1.24.